The molecule has 2 rings (SSSR count). The Morgan fingerprint density at radius 1 is 1.05 bits per heavy atom. The fourth-order valence-electron chi connectivity index (χ4n) is 1.76. The Hall–Kier alpha value is -1.39. The van der Waals surface area contributed by atoms with Gasteiger partial charge in [-0.15, -0.1) is 0 Å². The minimum Gasteiger partial charge on any atom is -0.324 e. The van der Waals surface area contributed by atoms with E-state index in [4.69, 9.17) is 5.73 Å². The van der Waals surface area contributed by atoms with Gasteiger partial charge in [-0.05, 0) is 49.2 Å². The molecule has 0 aliphatic rings. The molecular formula is C15H15F2NS. The van der Waals surface area contributed by atoms with Gasteiger partial charge in [0.15, 0.2) is 0 Å². The summed E-state index contributed by atoms with van der Waals surface area (Å²) in [5, 5.41) is 0. The van der Waals surface area contributed by atoms with Crippen molar-refractivity contribution in [2.75, 3.05) is 0 Å². The van der Waals surface area contributed by atoms with E-state index in [1.165, 1.54) is 23.9 Å². The zero-order valence-corrected chi connectivity index (χ0v) is 11.6. The van der Waals surface area contributed by atoms with Crippen molar-refractivity contribution in [1.29, 1.82) is 0 Å². The van der Waals surface area contributed by atoms with E-state index in [1.54, 1.807) is 38.1 Å². The Morgan fingerprint density at radius 3 is 2.37 bits per heavy atom. The maximum Gasteiger partial charge on any atom is 0.137 e. The molecule has 0 heterocycles. The van der Waals surface area contributed by atoms with Crippen LogP contribution in [0.15, 0.2) is 46.2 Å². The van der Waals surface area contributed by atoms with Crippen LogP contribution in [0.4, 0.5) is 8.78 Å². The van der Waals surface area contributed by atoms with E-state index in [9.17, 15) is 8.78 Å². The summed E-state index contributed by atoms with van der Waals surface area (Å²) in [5.74, 6) is -0.574. The van der Waals surface area contributed by atoms with Crippen LogP contribution >= 0.6 is 11.8 Å². The first kappa shape index (κ1) is 14.0. The average molecular weight is 279 g/mol. The summed E-state index contributed by atoms with van der Waals surface area (Å²) in [4.78, 5) is 1.30. The lowest BCUT2D eigenvalue weighted by Gasteiger charge is -2.14. The largest absolute Gasteiger partial charge is 0.324 e. The quantitative estimate of drug-likeness (QED) is 0.898. The summed E-state index contributed by atoms with van der Waals surface area (Å²) < 4.78 is 27.3. The van der Waals surface area contributed by atoms with E-state index in [2.05, 4.69) is 0 Å². The third kappa shape index (κ3) is 3.14. The Bertz CT molecular complexity index is 597. The molecule has 1 atom stereocenters. The lowest BCUT2D eigenvalue weighted by molar-refractivity contribution is 0.601. The maximum atomic E-state index is 13.7. The van der Waals surface area contributed by atoms with Gasteiger partial charge in [-0.3, -0.25) is 0 Å². The fraction of sp³-hybridized carbons (Fsp3) is 0.200. The first-order valence-corrected chi connectivity index (χ1v) is 6.78. The van der Waals surface area contributed by atoms with Crippen LogP contribution in [0.5, 0.6) is 0 Å². The van der Waals surface area contributed by atoms with Gasteiger partial charge >= 0.3 is 0 Å². The zero-order valence-electron chi connectivity index (χ0n) is 10.8. The van der Waals surface area contributed by atoms with Gasteiger partial charge in [-0.1, -0.05) is 23.9 Å². The molecule has 0 fully saturated rings. The van der Waals surface area contributed by atoms with Crippen LogP contribution < -0.4 is 5.73 Å². The van der Waals surface area contributed by atoms with E-state index < -0.39 is 0 Å². The van der Waals surface area contributed by atoms with Crippen molar-refractivity contribution in [3.8, 4) is 0 Å². The van der Waals surface area contributed by atoms with E-state index in [0.717, 1.165) is 4.90 Å². The Morgan fingerprint density at radius 2 is 1.74 bits per heavy atom. The van der Waals surface area contributed by atoms with Crippen molar-refractivity contribution < 1.29 is 8.78 Å². The summed E-state index contributed by atoms with van der Waals surface area (Å²) >= 11 is 1.27. The van der Waals surface area contributed by atoms with Gasteiger partial charge in [-0.25, -0.2) is 8.78 Å². The molecule has 1 nitrogen and oxygen atoms in total. The molecule has 100 valence electrons. The highest BCUT2D eigenvalue weighted by molar-refractivity contribution is 7.99. The summed E-state index contributed by atoms with van der Waals surface area (Å²) in [6.07, 6.45) is 0. The van der Waals surface area contributed by atoms with Crippen molar-refractivity contribution in [2.45, 2.75) is 29.7 Å². The van der Waals surface area contributed by atoms with Crippen LogP contribution in [0.1, 0.15) is 24.1 Å². The first-order valence-electron chi connectivity index (χ1n) is 5.97. The molecular weight excluding hydrogens is 264 g/mol. The van der Waals surface area contributed by atoms with Crippen molar-refractivity contribution >= 4 is 11.8 Å². The molecule has 0 radical (unpaired) electrons. The average Bonchev–Trinajstić information content (AvgIpc) is 2.36. The number of hydrogen-bond acceptors (Lipinski definition) is 2. The van der Waals surface area contributed by atoms with Crippen LogP contribution in [0.3, 0.4) is 0 Å². The third-order valence-electron chi connectivity index (χ3n) is 2.84. The lowest BCUT2D eigenvalue weighted by atomic mass is 10.1. The highest BCUT2D eigenvalue weighted by atomic mass is 32.2. The fourth-order valence-corrected chi connectivity index (χ4v) is 2.91. The SMILES string of the molecule is Cc1cc(Sc2ccccc2F)c([C@@H](C)N)cc1F. The van der Waals surface area contributed by atoms with E-state index in [-0.39, 0.29) is 17.7 Å². The van der Waals surface area contributed by atoms with E-state index >= 15 is 0 Å². The molecule has 0 saturated carbocycles. The Labute approximate surface area is 115 Å². The van der Waals surface area contributed by atoms with Crippen LogP contribution in [0.2, 0.25) is 0 Å². The molecule has 0 aromatic heterocycles. The summed E-state index contributed by atoms with van der Waals surface area (Å²) in [6.45, 7) is 3.47. The summed E-state index contributed by atoms with van der Waals surface area (Å²) in [7, 11) is 0. The van der Waals surface area contributed by atoms with Crippen LogP contribution in [-0.2, 0) is 0 Å². The monoisotopic (exact) mass is 279 g/mol. The Balaban J connectivity index is 2.45. The molecule has 0 aliphatic carbocycles. The number of hydrogen-bond donors (Lipinski definition) is 1. The molecule has 2 aromatic carbocycles. The minimum absolute atomic E-state index is 0.287. The van der Waals surface area contributed by atoms with Crippen molar-refractivity contribution in [3.05, 3.63) is 59.2 Å². The van der Waals surface area contributed by atoms with Gasteiger partial charge < -0.3 is 5.73 Å². The molecule has 4 heteroatoms. The molecule has 0 aliphatic heterocycles. The molecule has 19 heavy (non-hydrogen) atoms. The normalized spacial score (nSPS) is 12.5. The molecule has 0 amide bonds. The number of nitrogens with two attached hydrogens (primary N) is 1. The smallest absolute Gasteiger partial charge is 0.137 e. The van der Waals surface area contributed by atoms with E-state index in [0.29, 0.717) is 16.0 Å². The molecule has 0 bridgehead atoms. The number of aryl methyl sites for hydroxylation is 1. The summed E-state index contributed by atoms with van der Waals surface area (Å²) in [6, 6.07) is 9.36. The number of rotatable bonds is 3. The van der Waals surface area contributed by atoms with Gasteiger partial charge in [0.2, 0.25) is 0 Å². The first-order chi connectivity index (χ1) is 8.99. The highest BCUT2D eigenvalue weighted by Gasteiger charge is 2.13. The van der Waals surface area contributed by atoms with Crippen LogP contribution in [0, 0.1) is 18.6 Å². The second-order valence-corrected chi connectivity index (χ2v) is 5.54. The number of benzene rings is 2. The van der Waals surface area contributed by atoms with Gasteiger partial charge in [0.1, 0.15) is 11.6 Å². The number of halogens is 2. The molecule has 0 spiro atoms. The second kappa shape index (κ2) is 5.72. The van der Waals surface area contributed by atoms with Gasteiger partial charge in [0, 0.05) is 15.8 Å². The second-order valence-electron chi connectivity index (χ2n) is 4.46. The molecule has 0 saturated heterocycles. The van der Waals surface area contributed by atoms with Crippen molar-refractivity contribution in [1.82, 2.24) is 0 Å². The topological polar surface area (TPSA) is 26.0 Å². The van der Waals surface area contributed by atoms with Crippen molar-refractivity contribution in [3.63, 3.8) is 0 Å². The van der Waals surface area contributed by atoms with Gasteiger partial charge in [-0.2, -0.15) is 0 Å². The zero-order chi connectivity index (χ0) is 14.0. The Kier molecular flexibility index (Phi) is 4.22. The predicted molar refractivity (Wildman–Crippen MR) is 74.3 cm³/mol. The highest BCUT2D eigenvalue weighted by Crippen LogP contribution is 2.35. The van der Waals surface area contributed by atoms with Gasteiger partial charge in [0.25, 0.3) is 0 Å². The van der Waals surface area contributed by atoms with Crippen LogP contribution in [-0.4, -0.2) is 0 Å². The minimum atomic E-state index is -0.302. The van der Waals surface area contributed by atoms with E-state index in [1.807, 2.05) is 0 Å². The maximum absolute atomic E-state index is 13.7. The standard InChI is InChI=1S/C15H15F2NS/c1-9-7-15(11(10(2)18)8-13(9)17)19-14-6-4-3-5-12(14)16/h3-8,10H,18H2,1-2H3/t10-/m1/s1. The lowest BCUT2D eigenvalue weighted by Crippen LogP contribution is -2.07. The molecule has 2 N–H and O–H groups in total. The summed E-state index contributed by atoms with van der Waals surface area (Å²) in [5.41, 5.74) is 7.07. The predicted octanol–water partition coefficient (Wildman–Crippen LogP) is 4.44. The molecule has 0 unspecified atom stereocenters. The molecule has 2 aromatic rings. The van der Waals surface area contributed by atoms with Crippen LogP contribution in [0.25, 0.3) is 0 Å². The third-order valence-corrected chi connectivity index (χ3v) is 3.96. The van der Waals surface area contributed by atoms with Gasteiger partial charge in [0.05, 0.1) is 0 Å². The van der Waals surface area contributed by atoms with Crippen molar-refractivity contribution in [2.24, 2.45) is 5.73 Å².